The van der Waals surface area contributed by atoms with Crippen LogP contribution in [-0.2, 0) is 0 Å². The van der Waals surface area contributed by atoms with E-state index in [2.05, 4.69) is 37.2 Å². The van der Waals surface area contributed by atoms with E-state index in [-0.39, 0.29) is 11.7 Å². The van der Waals surface area contributed by atoms with Crippen molar-refractivity contribution in [1.82, 2.24) is 0 Å². The first-order chi connectivity index (χ1) is 8.99. The second kappa shape index (κ2) is 5.84. The third-order valence-corrected chi connectivity index (χ3v) is 4.21. The summed E-state index contributed by atoms with van der Waals surface area (Å²) in [6.07, 6.45) is 0. The smallest absolute Gasteiger partial charge is 0.256 e. The summed E-state index contributed by atoms with van der Waals surface area (Å²) < 4.78 is 14.3. The number of rotatable bonds is 2. The van der Waals surface area contributed by atoms with Crippen molar-refractivity contribution >= 4 is 43.5 Å². The lowest BCUT2D eigenvalue weighted by Crippen LogP contribution is -2.13. The Labute approximate surface area is 127 Å². The maximum atomic E-state index is 13.0. The van der Waals surface area contributed by atoms with Crippen LogP contribution in [0, 0.1) is 12.7 Å². The molecule has 2 aromatic carbocycles. The molecule has 0 atom stereocenters. The van der Waals surface area contributed by atoms with Gasteiger partial charge >= 0.3 is 0 Å². The molecule has 2 rings (SSSR count). The molecule has 98 valence electrons. The summed E-state index contributed by atoms with van der Waals surface area (Å²) in [6, 6.07) is 9.53. The topological polar surface area (TPSA) is 29.1 Å². The van der Waals surface area contributed by atoms with Crippen LogP contribution in [0.5, 0.6) is 0 Å². The van der Waals surface area contributed by atoms with Crippen LogP contribution in [0.25, 0.3) is 0 Å². The molecule has 0 unspecified atom stereocenters. The lowest BCUT2D eigenvalue weighted by molar-refractivity contribution is 0.102. The Balaban J connectivity index is 2.28. The average molecular weight is 387 g/mol. The first-order valence-electron chi connectivity index (χ1n) is 5.50. The zero-order valence-corrected chi connectivity index (χ0v) is 13.2. The minimum atomic E-state index is -0.387. The molecule has 0 saturated heterocycles. The summed E-state index contributed by atoms with van der Waals surface area (Å²) in [5, 5.41) is 2.81. The largest absolute Gasteiger partial charge is 0.322 e. The molecular weight excluding hydrogens is 377 g/mol. The van der Waals surface area contributed by atoms with Gasteiger partial charge in [-0.3, -0.25) is 4.79 Å². The van der Waals surface area contributed by atoms with E-state index in [1.54, 1.807) is 0 Å². The third kappa shape index (κ3) is 3.22. The molecule has 0 aromatic heterocycles. The molecule has 0 radical (unpaired) electrons. The van der Waals surface area contributed by atoms with Crippen molar-refractivity contribution in [1.29, 1.82) is 0 Å². The van der Waals surface area contributed by atoms with Crippen molar-refractivity contribution < 1.29 is 9.18 Å². The molecule has 0 aliphatic rings. The first kappa shape index (κ1) is 14.2. The van der Waals surface area contributed by atoms with Crippen molar-refractivity contribution in [3.8, 4) is 0 Å². The van der Waals surface area contributed by atoms with E-state index in [1.165, 1.54) is 18.2 Å². The van der Waals surface area contributed by atoms with Crippen LogP contribution in [0.4, 0.5) is 10.1 Å². The number of halogens is 3. The molecule has 2 nitrogen and oxygen atoms in total. The molecule has 0 aliphatic carbocycles. The quantitative estimate of drug-likeness (QED) is 0.780. The Morgan fingerprint density at radius 2 is 1.89 bits per heavy atom. The Hall–Kier alpha value is -1.20. The fourth-order valence-electron chi connectivity index (χ4n) is 1.61. The Kier molecular flexibility index (Phi) is 4.37. The molecule has 0 spiro atoms. The number of amides is 1. The van der Waals surface area contributed by atoms with Gasteiger partial charge in [0.2, 0.25) is 0 Å². The summed E-state index contributed by atoms with van der Waals surface area (Å²) in [4.78, 5) is 12.1. The van der Waals surface area contributed by atoms with Gasteiger partial charge in [0, 0.05) is 14.6 Å². The molecule has 1 N–H and O–H groups in total. The van der Waals surface area contributed by atoms with Gasteiger partial charge in [0.15, 0.2) is 0 Å². The maximum absolute atomic E-state index is 13.0. The number of nitrogens with one attached hydrogen (secondary N) is 1. The van der Waals surface area contributed by atoms with Crippen molar-refractivity contribution in [2.45, 2.75) is 6.92 Å². The fraction of sp³-hybridized carbons (Fsp3) is 0.0714. The summed E-state index contributed by atoms with van der Waals surface area (Å²) in [7, 11) is 0. The number of hydrogen-bond donors (Lipinski definition) is 1. The van der Waals surface area contributed by atoms with Gasteiger partial charge in [-0.1, -0.05) is 22.0 Å². The standard InChI is InChI=1S/C14H10Br2FNO/c1-8-11(15)3-2-4-13(8)18-14(19)10-6-5-9(17)7-12(10)16/h2-7H,1H3,(H,18,19). The van der Waals surface area contributed by atoms with Crippen molar-refractivity contribution in [3.05, 3.63) is 62.3 Å². The first-order valence-corrected chi connectivity index (χ1v) is 7.09. The Bertz CT molecular complexity index is 643. The highest BCUT2D eigenvalue weighted by Crippen LogP contribution is 2.25. The summed E-state index contributed by atoms with van der Waals surface area (Å²) >= 11 is 6.59. The Morgan fingerprint density at radius 1 is 1.16 bits per heavy atom. The van der Waals surface area contributed by atoms with Gasteiger partial charge < -0.3 is 5.32 Å². The number of hydrogen-bond acceptors (Lipinski definition) is 1. The van der Waals surface area contributed by atoms with Crippen LogP contribution in [0.3, 0.4) is 0 Å². The minimum Gasteiger partial charge on any atom is -0.322 e. The summed E-state index contributed by atoms with van der Waals surface area (Å²) in [5.74, 6) is -0.671. The number of anilines is 1. The van der Waals surface area contributed by atoms with E-state index in [0.717, 1.165) is 15.7 Å². The van der Waals surface area contributed by atoms with Gasteiger partial charge in [0.25, 0.3) is 5.91 Å². The normalized spacial score (nSPS) is 10.3. The van der Waals surface area contributed by atoms with Gasteiger partial charge in [-0.2, -0.15) is 0 Å². The Morgan fingerprint density at radius 3 is 2.58 bits per heavy atom. The van der Waals surface area contributed by atoms with E-state index < -0.39 is 0 Å². The van der Waals surface area contributed by atoms with E-state index >= 15 is 0 Å². The van der Waals surface area contributed by atoms with Crippen molar-refractivity contribution in [2.75, 3.05) is 5.32 Å². The fourth-order valence-corrected chi connectivity index (χ4v) is 2.50. The second-order valence-corrected chi connectivity index (χ2v) is 5.70. The number of benzene rings is 2. The van der Waals surface area contributed by atoms with Crippen LogP contribution < -0.4 is 5.32 Å². The monoisotopic (exact) mass is 385 g/mol. The minimum absolute atomic E-state index is 0.284. The molecule has 0 fully saturated rings. The summed E-state index contributed by atoms with van der Waals surface area (Å²) in [5.41, 5.74) is 2.05. The molecule has 2 aromatic rings. The van der Waals surface area contributed by atoms with E-state index in [4.69, 9.17) is 0 Å². The summed E-state index contributed by atoms with van der Waals surface area (Å²) in [6.45, 7) is 1.90. The molecule has 0 heterocycles. The molecule has 0 bridgehead atoms. The van der Waals surface area contributed by atoms with Gasteiger partial charge in [0.05, 0.1) is 5.56 Å². The number of carbonyl (C=O) groups is 1. The highest BCUT2D eigenvalue weighted by Gasteiger charge is 2.12. The van der Waals surface area contributed by atoms with E-state index in [1.807, 2.05) is 25.1 Å². The number of carbonyl (C=O) groups excluding carboxylic acids is 1. The lowest BCUT2D eigenvalue weighted by atomic mass is 10.1. The van der Waals surface area contributed by atoms with Crippen molar-refractivity contribution in [2.24, 2.45) is 0 Å². The van der Waals surface area contributed by atoms with E-state index in [0.29, 0.717) is 10.0 Å². The molecule has 5 heteroatoms. The van der Waals surface area contributed by atoms with Crippen LogP contribution in [0.1, 0.15) is 15.9 Å². The van der Waals surface area contributed by atoms with Gasteiger partial charge in [-0.15, -0.1) is 0 Å². The molecular formula is C14H10Br2FNO. The average Bonchev–Trinajstić information content (AvgIpc) is 2.34. The van der Waals surface area contributed by atoms with Crippen LogP contribution in [0.15, 0.2) is 45.3 Å². The van der Waals surface area contributed by atoms with E-state index in [9.17, 15) is 9.18 Å². The predicted octanol–water partition coefficient (Wildman–Crippen LogP) is 4.91. The molecule has 0 aliphatic heterocycles. The predicted molar refractivity (Wildman–Crippen MR) is 80.9 cm³/mol. The van der Waals surface area contributed by atoms with Crippen LogP contribution in [0.2, 0.25) is 0 Å². The van der Waals surface area contributed by atoms with Crippen LogP contribution in [-0.4, -0.2) is 5.91 Å². The lowest BCUT2D eigenvalue weighted by Gasteiger charge is -2.10. The highest BCUT2D eigenvalue weighted by atomic mass is 79.9. The van der Waals surface area contributed by atoms with Gasteiger partial charge in [-0.25, -0.2) is 4.39 Å². The zero-order valence-electron chi connectivity index (χ0n) is 10.0. The SMILES string of the molecule is Cc1c(Br)cccc1NC(=O)c1ccc(F)cc1Br. The van der Waals surface area contributed by atoms with Crippen LogP contribution >= 0.6 is 31.9 Å². The van der Waals surface area contributed by atoms with Gasteiger partial charge in [-0.05, 0) is 58.7 Å². The van der Waals surface area contributed by atoms with Gasteiger partial charge in [0.1, 0.15) is 5.82 Å². The molecule has 0 saturated carbocycles. The van der Waals surface area contributed by atoms with Crippen molar-refractivity contribution in [3.63, 3.8) is 0 Å². The molecule has 1 amide bonds. The third-order valence-electron chi connectivity index (χ3n) is 2.69. The highest BCUT2D eigenvalue weighted by molar-refractivity contribution is 9.10. The second-order valence-electron chi connectivity index (χ2n) is 3.99. The zero-order chi connectivity index (χ0) is 14.0. The molecule has 19 heavy (non-hydrogen) atoms. The maximum Gasteiger partial charge on any atom is 0.256 e.